The van der Waals surface area contributed by atoms with Crippen LogP contribution < -0.4 is 15.4 Å². The molecule has 0 amide bonds. The topological polar surface area (TPSA) is 126 Å². The molecule has 2 heterocycles. The number of rotatable bonds is 22. The van der Waals surface area contributed by atoms with Crippen LogP contribution in [0.4, 0.5) is 49.1 Å². The first-order valence-corrected chi connectivity index (χ1v) is 53.7. The van der Waals surface area contributed by atoms with Gasteiger partial charge in [-0.25, -0.2) is 0 Å². The number of phenols is 3. The normalized spacial score (nSPS) is 12.1. The van der Waals surface area contributed by atoms with E-state index in [9.17, 15) is 41.7 Å². The molecule has 1 aliphatic heterocycles. The Hall–Kier alpha value is -8.89. The van der Waals surface area contributed by atoms with E-state index in [1.807, 2.05) is 144 Å². The lowest BCUT2D eigenvalue weighted by Crippen LogP contribution is -2.17. The lowest BCUT2D eigenvalue weighted by Gasteiger charge is -2.28. The molecule has 9 nitrogen and oxygen atoms in total. The van der Waals surface area contributed by atoms with E-state index in [0.717, 1.165) is 129 Å². The molecule has 14 aromatic rings. The summed E-state index contributed by atoms with van der Waals surface area (Å²) in [5.74, 6) is 7.68. The number of benzene rings is 13. The summed E-state index contributed by atoms with van der Waals surface area (Å²) in [7, 11) is 1.66. The highest BCUT2D eigenvalue weighted by atomic mass is 32.2. The molecule has 746 valence electrons. The van der Waals surface area contributed by atoms with Gasteiger partial charge >= 0.3 is 12.4 Å². The molecule has 15 rings (SSSR count). The van der Waals surface area contributed by atoms with Gasteiger partial charge in [0, 0.05) is 129 Å². The number of hydrogen-bond acceptors (Lipinski definition) is 18. The molecule has 13 aromatic carbocycles. The van der Waals surface area contributed by atoms with Gasteiger partial charge in [-0.3, -0.25) is 0 Å². The molecule has 1 aliphatic rings. The van der Waals surface area contributed by atoms with E-state index in [4.69, 9.17) is 18.6 Å². The molecule has 140 heavy (non-hydrogen) atoms. The molecule has 0 radical (unpaired) electrons. The van der Waals surface area contributed by atoms with Crippen LogP contribution in [0, 0.1) is 0 Å². The van der Waals surface area contributed by atoms with Gasteiger partial charge in [-0.2, -0.15) is 88.6 Å². The van der Waals surface area contributed by atoms with E-state index in [1.165, 1.54) is 52.9 Å². The highest BCUT2D eigenvalue weighted by Crippen LogP contribution is 2.55. The van der Waals surface area contributed by atoms with Gasteiger partial charge in [0.05, 0.1) is 56.0 Å². The number of halogens is 6. The second-order valence-corrected chi connectivity index (χ2v) is 46.4. The summed E-state index contributed by atoms with van der Waals surface area (Å²) < 4.78 is 100. The van der Waals surface area contributed by atoms with Gasteiger partial charge in [0.2, 0.25) is 0 Å². The van der Waals surface area contributed by atoms with Crippen molar-refractivity contribution >= 4 is 154 Å². The monoisotopic (exact) mass is 2070 g/mol. The number of thioether (sulfide) groups is 2. The van der Waals surface area contributed by atoms with Crippen LogP contribution in [0.2, 0.25) is 0 Å². The second kappa shape index (κ2) is 52.1. The Morgan fingerprint density at radius 1 is 0.350 bits per heavy atom. The maximum atomic E-state index is 13.0. The lowest BCUT2D eigenvalue weighted by molar-refractivity contribution is -0.143. The van der Waals surface area contributed by atoms with E-state index < -0.39 is 23.5 Å². The molecule has 24 heteroatoms. The van der Waals surface area contributed by atoms with Crippen LogP contribution in [0.5, 0.6) is 23.0 Å². The van der Waals surface area contributed by atoms with E-state index >= 15 is 0 Å². The molecule has 0 fully saturated rings. The number of nitrogens with one attached hydrogen (secondary N) is 2. The predicted molar refractivity (Wildman–Crippen MR) is 600 cm³/mol. The van der Waals surface area contributed by atoms with Gasteiger partial charge in [-0.15, -0.1) is 11.8 Å². The van der Waals surface area contributed by atoms with Crippen molar-refractivity contribution in [2.75, 3.05) is 84.9 Å². The van der Waals surface area contributed by atoms with Crippen molar-refractivity contribution in [3.63, 3.8) is 0 Å². The smallest absolute Gasteiger partial charge is 0.416 e. The Kier molecular flexibility index (Phi) is 42.6. The Morgan fingerprint density at radius 3 is 1.22 bits per heavy atom. The van der Waals surface area contributed by atoms with Crippen molar-refractivity contribution in [2.45, 2.75) is 204 Å². The van der Waals surface area contributed by atoms with Gasteiger partial charge < -0.3 is 44.6 Å². The zero-order valence-electron chi connectivity index (χ0n) is 83.6. The molecule has 5 N–H and O–H groups in total. The van der Waals surface area contributed by atoms with Crippen LogP contribution in [0.3, 0.4) is 0 Å². The van der Waals surface area contributed by atoms with Crippen molar-refractivity contribution in [2.24, 2.45) is 0 Å². The van der Waals surface area contributed by atoms with Gasteiger partial charge in [-0.05, 0) is 182 Å². The molecule has 0 spiro atoms. The zero-order valence-corrected chi connectivity index (χ0v) is 91.3. The minimum absolute atomic E-state index is 0.00443. The summed E-state index contributed by atoms with van der Waals surface area (Å²) in [5, 5.41) is 41.8. The van der Waals surface area contributed by atoms with Gasteiger partial charge in [-0.1, -0.05) is 318 Å². The zero-order chi connectivity index (χ0) is 103. The van der Waals surface area contributed by atoms with Crippen LogP contribution >= 0.6 is 109 Å². The van der Waals surface area contributed by atoms with Gasteiger partial charge in [0.15, 0.2) is 0 Å². The maximum absolute atomic E-state index is 13.0. The summed E-state index contributed by atoms with van der Waals surface area (Å²) in [6.07, 6.45) is -7.70. The van der Waals surface area contributed by atoms with E-state index in [-0.39, 0.29) is 44.2 Å². The first kappa shape index (κ1) is 115. The van der Waals surface area contributed by atoms with Crippen molar-refractivity contribution in [1.29, 1.82) is 0 Å². The third kappa shape index (κ3) is 33.1. The summed E-state index contributed by atoms with van der Waals surface area (Å²) in [5.41, 5.74) is 13.1. The molecule has 0 unspecified atom stereocenters. The van der Waals surface area contributed by atoms with Crippen LogP contribution in [-0.4, -0.2) is 89.6 Å². The number of para-hydroxylation sites is 6. The van der Waals surface area contributed by atoms with E-state index in [2.05, 4.69) is 313 Å². The number of furan rings is 1. The number of hydrogen-bond donors (Lipinski definition) is 9. The van der Waals surface area contributed by atoms with Crippen molar-refractivity contribution in [1.82, 2.24) is 0 Å². The molecule has 0 bridgehead atoms. The maximum Gasteiger partial charge on any atom is 0.416 e. The number of aromatic hydroxyl groups is 3. The van der Waals surface area contributed by atoms with E-state index in [0.29, 0.717) is 66.4 Å². The lowest BCUT2D eigenvalue weighted by atomic mass is 9.78. The third-order valence-corrected chi connectivity index (χ3v) is 29.1. The minimum atomic E-state index is -4.89. The molecule has 0 aliphatic carbocycles. The first-order chi connectivity index (χ1) is 66.0. The molecule has 0 atom stereocenters. The van der Waals surface area contributed by atoms with Gasteiger partial charge in [0.1, 0.15) is 34.2 Å². The standard InChI is InChI=1S/C26H28O2.C26H28OS2.C21H28O2.C20H13F6NS.C13H13NS.C6H14O2S2.C4H10S3/c1-25(2,3)16-14-20(23(27)21(15-16)26(4,5)6)19-12-9-11-18-17-10-7-8-13-22(17)28-24(18)19;1-25(2,3)16-14-18(23(27)19(15-16)26(4,5)6)17-10-9-13-22-24(17)29-21-12-8-7-11-20(21)28-22;1-20(2,3)14-12-16(15-10-8-9-11-18(15)23-7)19(22)17(13-14)21(4,5)6;21-19(22,23)13-10-14(20(24,25)26)12-15(11-13)27-17-8-4-5-9-18(17)28-16-6-2-1-3-7-16;1-15-13-10-6-5-9-12(13)14-11-7-3-2-4-8-11;9-5-3-7-1-2-8-4-6-10;5-1-3-7-4-2-6/h7-15,27H,1-6H3;7-15,27H,1-6H3;8-13,22H,1-7H3;1-12,27H;2-10,14H,1H3;9-10H,1-6H2;5-6H,1-4H2. The van der Waals surface area contributed by atoms with Crippen LogP contribution in [-0.2, 0) is 54.3 Å². The van der Waals surface area contributed by atoms with Gasteiger partial charge in [0.25, 0.3) is 0 Å². The van der Waals surface area contributed by atoms with Crippen molar-refractivity contribution in [3.8, 4) is 56.4 Å². The Labute approximate surface area is 869 Å². The second-order valence-electron chi connectivity index (χ2n) is 39.3. The van der Waals surface area contributed by atoms with Crippen LogP contribution in [0.15, 0.2) is 312 Å². The largest absolute Gasteiger partial charge is 0.507 e. The quantitative estimate of drug-likeness (QED) is 0.0138. The highest BCUT2D eigenvalue weighted by molar-refractivity contribution is 8.05. The SMILES string of the molecule is CC(C)(C)c1cc(-c2cccc3c2Sc2ccccc2S3)c(O)c(C(C)(C)C)c1.CC(C)(C)c1cc(-c2cccc3c2oc2ccccc23)c(O)c(C(C)(C)C)c1.COc1ccccc1-c1cc(C(C)(C)C)cc(C(C)(C)C)c1O.CSc1ccccc1Nc1ccccc1.FC(F)(F)c1cc(Nc2ccccc2Sc2ccccc2)cc(C(F)(F)F)c1.SCCOCCOCCS.SCCSCCS. The average molecular weight is 2070 g/mol. The Morgan fingerprint density at radius 2 is 0.743 bits per heavy atom. The Bertz CT molecular complexity index is 6290. The molecule has 1 aromatic heterocycles. The fraction of sp³-hybridized carbons (Fsp3) is 0.328. The number of fused-ring (bicyclic) bond motifs is 5. The first-order valence-electron chi connectivity index (χ1n) is 46.3. The van der Waals surface area contributed by atoms with Crippen LogP contribution in [0.25, 0.3) is 55.3 Å². The summed E-state index contributed by atoms with van der Waals surface area (Å²) in [6.45, 7) is 41.9. The molecule has 0 saturated carbocycles. The number of anilines is 4. The predicted octanol–water partition coefficient (Wildman–Crippen LogP) is 35.7. The molecular weight excluding hydrogens is 1940 g/mol. The fourth-order valence-electron chi connectivity index (χ4n) is 14.7. The number of phenolic OH excluding ortho intramolecular Hbond substituents is 3. The summed E-state index contributed by atoms with van der Waals surface area (Å²) in [6, 6.07) is 85.8. The third-order valence-electron chi connectivity index (χ3n) is 22.2. The number of thiol groups is 4. The average Bonchev–Trinajstić information content (AvgIpc) is 1.42. The number of methoxy groups -OCH3 is 1. The summed E-state index contributed by atoms with van der Waals surface area (Å²) >= 11 is 24.7. The Balaban J connectivity index is 0.000000189. The summed E-state index contributed by atoms with van der Waals surface area (Å²) in [4.78, 5) is 7.88. The van der Waals surface area contributed by atoms with Crippen molar-refractivity contribution in [3.05, 3.63) is 317 Å². The fourth-order valence-corrected chi connectivity index (χ4v) is 20.0. The number of alkyl halides is 6. The minimum Gasteiger partial charge on any atom is -0.507 e. The van der Waals surface area contributed by atoms with Crippen LogP contribution in [0.1, 0.15) is 169 Å². The highest BCUT2D eigenvalue weighted by Gasteiger charge is 2.38. The molecule has 0 saturated heterocycles. The molecular formula is C116H134F6N2O7S9. The van der Waals surface area contributed by atoms with Crippen molar-refractivity contribution < 1.29 is 60.3 Å². The number of ether oxygens (including phenoxy) is 3. The van der Waals surface area contributed by atoms with E-state index in [1.54, 1.807) is 43.1 Å².